The quantitative estimate of drug-likeness (QED) is 0.509. The third-order valence-corrected chi connectivity index (χ3v) is 3.30. The van der Waals surface area contributed by atoms with Gasteiger partial charge in [0.1, 0.15) is 0 Å². The first-order valence-electron chi connectivity index (χ1n) is 5.75. The number of hydrogen-bond acceptors (Lipinski definition) is 4. The van der Waals surface area contributed by atoms with E-state index in [0.29, 0.717) is 19.1 Å². The van der Waals surface area contributed by atoms with Crippen LogP contribution in [0.1, 0.15) is 20.3 Å². The molecule has 1 heterocycles. The van der Waals surface area contributed by atoms with Gasteiger partial charge in [-0.1, -0.05) is 13.8 Å². The minimum atomic E-state index is -0.326. The Bertz CT molecular complexity index is 225. The zero-order valence-corrected chi connectivity index (χ0v) is 10.3. The fraction of sp³-hybridized carbons (Fsp3) is 0.909. The van der Waals surface area contributed by atoms with E-state index in [2.05, 4.69) is 24.6 Å². The number of hydrogen-bond donors (Lipinski definition) is 2. The number of carbonyl (C=O) groups excluding carboxylic acids is 1. The van der Waals surface area contributed by atoms with Crippen molar-refractivity contribution in [2.75, 3.05) is 33.4 Å². The molecule has 2 N–H and O–H groups in total. The second-order valence-corrected chi connectivity index (χ2v) is 4.51. The van der Waals surface area contributed by atoms with Crippen molar-refractivity contribution in [3.05, 3.63) is 0 Å². The highest BCUT2D eigenvalue weighted by molar-refractivity contribution is 5.82. The predicted molar refractivity (Wildman–Crippen MR) is 60.7 cm³/mol. The SMILES string of the molecule is COCCONC(=O)C1(C(C)C)CCNC1. The Kier molecular flexibility index (Phi) is 5.18. The average molecular weight is 230 g/mol. The lowest BCUT2D eigenvalue weighted by molar-refractivity contribution is -0.146. The van der Waals surface area contributed by atoms with E-state index >= 15 is 0 Å². The van der Waals surface area contributed by atoms with Gasteiger partial charge in [0.15, 0.2) is 0 Å². The third-order valence-electron chi connectivity index (χ3n) is 3.30. The van der Waals surface area contributed by atoms with Crippen molar-refractivity contribution >= 4 is 5.91 Å². The largest absolute Gasteiger partial charge is 0.382 e. The zero-order valence-electron chi connectivity index (χ0n) is 10.3. The van der Waals surface area contributed by atoms with Gasteiger partial charge in [-0.15, -0.1) is 0 Å². The lowest BCUT2D eigenvalue weighted by Gasteiger charge is -2.30. The van der Waals surface area contributed by atoms with Crippen molar-refractivity contribution in [3.8, 4) is 0 Å². The normalized spacial score (nSPS) is 25.0. The molecule has 16 heavy (non-hydrogen) atoms. The van der Waals surface area contributed by atoms with Gasteiger partial charge in [-0.05, 0) is 18.9 Å². The number of hydroxylamine groups is 1. The summed E-state index contributed by atoms with van der Waals surface area (Å²) in [7, 11) is 1.60. The summed E-state index contributed by atoms with van der Waals surface area (Å²) in [6.07, 6.45) is 0.865. The Balaban J connectivity index is 2.43. The molecule has 0 radical (unpaired) electrons. The van der Waals surface area contributed by atoms with Gasteiger partial charge in [-0.2, -0.15) is 0 Å². The van der Waals surface area contributed by atoms with E-state index in [9.17, 15) is 4.79 Å². The highest BCUT2D eigenvalue weighted by atomic mass is 16.7. The van der Waals surface area contributed by atoms with Crippen LogP contribution in [0, 0.1) is 11.3 Å². The first-order chi connectivity index (χ1) is 7.63. The molecule has 94 valence electrons. The topological polar surface area (TPSA) is 59.6 Å². The number of rotatable bonds is 6. The molecule has 5 nitrogen and oxygen atoms in total. The molecule has 1 amide bonds. The molecule has 1 unspecified atom stereocenters. The fourth-order valence-corrected chi connectivity index (χ4v) is 2.00. The zero-order chi connectivity index (χ0) is 12.0. The second kappa shape index (κ2) is 6.18. The van der Waals surface area contributed by atoms with Crippen LogP contribution in [-0.2, 0) is 14.4 Å². The highest BCUT2D eigenvalue weighted by Crippen LogP contribution is 2.34. The van der Waals surface area contributed by atoms with Crippen LogP contribution in [0.2, 0.25) is 0 Å². The van der Waals surface area contributed by atoms with E-state index in [0.717, 1.165) is 19.5 Å². The molecule has 1 aliphatic rings. The van der Waals surface area contributed by atoms with Crippen LogP contribution >= 0.6 is 0 Å². The summed E-state index contributed by atoms with van der Waals surface area (Å²) in [5, 5.41) is 3.24. The van der Waals surface area contributed by atoms with E-state index in [1.165, 1.54) is 0 Å². The molecule has 1 aliphatic heterocycles. The van der Waals surface area contributed by atoms with Crippen LogP contribution in [0.25, 0.3) is 0 Å². The summed E-state index contributed by atoms with van der Waals surface area (Å²) in [5.74, 6) is 0.275. The summed E-state index contributed by atoms with van der Waals surface area (Å²) < 4.78 is 4.83. The molecular weight excluding hydrogens is 208 g/mol. The molecule has 0 aromatic rings. The number of methoxy groups -OCH3 is 1. The summed E-state index contributed by atoms with van der Waals surface area (Å²) in [6.45, 7) is 6.62. The highest BCUT2D eigenvalue weighted by Gasteiger charge is 2.44. The lowest BCUT2D eigenvalue weighted by Crippen LogP contribution is -2.46. The first kappa shape index (κ1) is 13.4. The Morgan fingerprint density at radius 1 is 1.50 bits per heavy atom. The van der Waals surface area contributed by atoms with Crippen LogP contribution < -0.4 is 10.8 Å². The maximum absolute atomic E-state index is 12.1. The van der Waals surface area contributed by atoms with Crippen molar-refractivity contribution in [2.24, 2.45) is 11.3 Å². The van der Waals surface area contributed by atoms with Crippen molar-refractivity contribution in [2.45, 2.75) is 20.3 Å². The van der Waals surface area contributed by atoms with Crippen LogP contribution in [0.15, 0.2) is 0 Å². The maximum Gasteiger partial charge on any atom is 0.251 e. The van der Waals surface area contributed by atoms with Gasteiger partial charge < -0.3 is 10.1 Å². The molecule has 1 fully saturated rings. The van der Waals surface area contributed by atoms with Gasteiger partial charge in [0.2, 0.25) is 0 Å². The predicted octanol–water partition coefficient (Wildman–Crippen LogP) is 0.316. The van der Waals surface area contributed by atoms with Gasteiger partial charge in [0.05, 0.1) is 18.6 Å². The Morgan fingerprint density at radius 2 is 2.25 bits per heavy atom. The number of ether oxygens (including phenoxy) is 1. The Hall–Kier alpha value is -0.650. The minimum Gasteiger partial charge on any atom is -0.382 e. The number of nitrogens with one attached hydrogen (secondary N) is 2. The number of carbonyl (C=O) groups is 1. The summed E-state index contributed by atoms with van der Waals surface area (Å²) >= 11 is 0. The summed E-state index contributed by atoms with van der Waals surface area (Å²) in [6, 6.07) is 0. The molecular formula is C11H22N2O3. The molecule has 0 aromatic carbocycles. The molecule has 1 rings (SSSR count). The van der Waals surface area contributed by atoms with Crippen LogP contribution in [0.4, 0.5) is 0 Å². The summed E-state index contributed by atoms with van der Waals surface area (Å²) in [5.41, 5.74) is 2.20. The standard InChI is InChI=1S/C11H22N2O3/c1-9(2)11(4-5-12-8-11)10(14)13-16-7-6-15-3/h9,12H,4-8H2,1-3H3,(H,13,14). The van der Waals surface area contributed by atoms with Gasteiger partial charge in [0, 0.05) is 13.7 Å². The lowest BCUT2D eigenvalue weighted by atomic mass is 9.76. The smallest absolute Gasteiger partial charge is 0.251 e. The van der Waals surface area contributed by atoms with Crippen molar-refractivity contribution in [1.29, 1.82) is 0 Å². The maximum atomic E-state index is 12.1. The van der Waals surface area contributed by atoms with Crippen molar-refractivity contribution in [1.82, 2.24) is 10.8 Å². The molecule has 0 aromatic heterocycles. The van der Waals surface area contributed by atoms with Gasteiger partial charge in [-0.25, -0.2) is 5.48 Å². The van der Waals surface area contributed by atoms with E-state index < -0.39 is 0 Å². The second-order valence-electron chi connectivity index (χ2n) is 4.51. The van der Waals surface area contributed by atoms with E-state index in [1.54, 1.807) is 7.11 Å². The average Bonchev–Trinajstić information content (AvgIpc) is 2.74. The Morgan fingerprint density at radius 3 is 2.75 bits per heavy atom. The van der Waals surface area contributed by atoms with E-state index in [-0.39, 0.29) is 11.3 Å². The molecule has 0 bridgehead atoms. The number of amides is 1. The Labute approximate surface area is 96.8 Å². The summed E-state index contributed by atoms with van der Waals surface area (Å²) in [4.78, 5) is 17.1. The monoisotopic (exact) mass is 230 g/mol. The van der Waals surface area contributed by atoms with Gasteiger partial charge >= 0.3 is 0 Å². The molecule has 0 aliphatic carbocycles. The molecule has 1 atom stereocenters. The minimum absolute atomic E-state index is 0.0244. The van der Waals surface area contributed by atoms with Crippen molar-refractivity contribution < 1.29 is 14.4 Å². The van der Waals surface area contributed by atoms with Gasteiger partial charge in [-0.3, -0.25) is 9.63 Å². The van der Waals surface area contributed by atoms with E-state index in [1.807, 2.05) is 0 Å². The molecule has 1 saturated heterocycles. The fourth-order valence-electron chi connectivity index (χ4n) is 2.00. The molecule has 0 saturated carbocycles. The van der Waals surface area contributed by atoms with E-state index in [4.69, 9.17) is 9.57 Å². The first-order valence-corrected chi connectivity index (χ1v) is 5.75. The van der Waals surface area contributed by atoms with Crippen LogP contribution in [0.5, 0.6) is 0 Å². The van der Waals surface area contributed by atoms with Gasteiger partial charge in [0.25, 0.3) is 5.91 Å². The third kappa shape index (κ3) is 2.93. The van der Waals surface area contributed by atoms with Crippen molar-refractivity contribution in [3.63, 3.8) is 0 Å². The molecule has 5 heteroatoms. The van der Waals surface area contributed by atoms with Crippen LogP contribution in [-0.4, -0.2) is 39.3 Å². The van der Waals surface area contributed by atoms with Crippen LogP contribution in [0.3, 0.4) is 0 Å². The molecule has 0 spiro atoms.